The van der Waals surface area contributed by atoms with Gasteiger partial charge in [-0.05, 0) is 6.07 Å². The predicted molar refractivity (Wildman–Crippen MR) is 113 cm³/mol. The Morgan fingerprint density at radius 2 is 1.87 bits per heavy atom. The smallest absolute Gasteiger partial charge is 0.261 e. The van der Waals surface area contributed by atoms with Crippen molar-refractivity contribution in [1.82, 2.24) is 19.4 Å². The molecule has 0 spiro atoms. The number of carbonyl (C=O) groups is 2. The summed E-state index contributed by atoms with van der Waals surface area (Å²) in [6, 6.07) is 2.90. The van der Waals surface area contributed by atoms with E-state index in [9.17, 15) is 14.4 Å². The molecule has 2 aliphatic heterocycles. The fourth-order valence-electron chi connectivity index (χ4n) is 3.97. The lowest BCUT2D eigenvalue weighted by Crippen LogP contribution is -2.49. The molecule has 3 heterocycles. The maximum absolute atomic E-state index is 13.1. The quantitative estimate of drug-likeness (QED) is 0.705. The first-order valence-corrected chi connectivity index (χ1v) is 10.9. The maximum atomic E-state index is 13.1. The summed E-state index contributed by atoms with van der Waals surface area (Å²) in [5, 5.41) is 0.450. The molecule has 0 unspecified atom stereocenters. The van der Waals surface area contributed by atoms with Gasteiger partial charge >= 0.3 is 0 Å². The van der Waals surface area contributed by atoms with E-state index >= 15 is 0 Å². The minimum Gasteiger partial charge on any atom is -0.493 e. The molecule has 0 aliphatic carbocycles. The van der Waals surface area contributed by atoms with Gasteiger partial charge in [-0.25, -0.2) is 4.98 Å². The van der Waals surface area contributed by atoms with Gasteiger partial charge in [0.25, 0.3) is 5.56 Å². The van der Waals surface area contributed by atoms with Crippen molar-refractivity contribution in [3.8, 4) is 11.5 Å². The summed E-state index contributed by atoms with van der Waals surface area (Å²) >= 11 is 1.58. The lowest BCUT2D eigenvalue weighted by Gasteiger charge is -2.28. The molecule has 30 heavy (non-hydrogen) atoms. The Morgan fingerprint density at radius 1 is 1.13 bits per heavy atom. The number of thioether (sulfide) groups is 1. The van der Waals surface area contributed by atoms with Crippen LogP contribution in [0.5, 0.6) is 11.5 Å². The molecule has 0 radical (unpaired) electrons. The van der Waals surface area contributed by atoms with Crippen molar-refractivity contribution >= 4 is 34.5 Å². The van der Waals surface area contributed by atoms with E-state index in [1.165, 1.54) is 21.1 Å². The minimum absolute atomic E-state index is 0.0658. The number of benzene rings is 1. The summed E-state index contributed by atoms with van der Waals surface area (Å²) in [4.78, 5) is 46.1. The second kappa shape index (κ2) is 8.17. The number of fused-ring (bicyclic) bond motifs is 2. The molecule has 1 fully saturated rings. The van der Waals surface area contributed by atoms with Crippen LogP contribution < -0.4 is 15.0 Å². The zero-order valence-electron chi connectivity index (χ0n) is 17.2. The topological polar surface area (TPSA) is 94.0 Å². The van der Waals surface area contributed by atoms with Crippen LogP contribution in [-0.2, 0) is 22.6 Å². The first-order chi connectivity index (χ1) is 14.4. The highest BCUT2D eigenvalue weighted by atomic mass is 32.2. The average molecular weight is 433 g/mol. The van der Waals surface area contributed by atoms with Gasteiger partial charge in [0.2, 0.25) is 11.8 Å². The van der Waals surface area contributed by atoms with Crippen molar-refractivity contribution in [2.75, 3.05) is 38.9 Å². The van der Waals surface area contributed by atoms with Gasteiger partial charge in [-0.15, -0.1) is 11.8 Å². The highest BCUT2D eigenvalue weighted by Gasteiger charge is 2.36. The lowest BCUT2D eigenvalue weighted by molar-refractivity contribution is -0.142. The number of nitrogens with zero attached hydrogens (tertiary/aromatic N) is 4. The fourth-order valence-corrected chi connectivity index (χ4v) is 5.18. The summed E-state index contributed by atoms with van der Waals surface area (Å²) in [5.41, 5.74) is 0.380. The van der Waals surface area contributed by atoms with E-state index in [0.717, 1.165) is 0 Å². The van der Waals surface area contributed by atoms with Gasteiger partial charge in [0.1, 0.15) is 11.9 Å². The molecule has 1 atom stereocenters. The van der Waals surface area contributed by atoms with Gasteiger partial charge in [0.05, 0.1) is 31.0 Å². The third-order valence-corrected chi connectivity index (χ3v) is 6.63. The summed E-state index contributed by atoms with van der Waals surface area (Å²) in [6.07, 6.45) is 0.463. The van der Waals surface area contributed by atoms with Crippen molar-refractivity contribution in [3.63, 3.8) is 0 Å². The van der Waals surface area contributed by atoms with Gasteiger partial charge < -0.3 is 19.3 Å². The molecule has 10 heteroatoms. The number of amides is 2. The van der Waals surface area contributed by atoms with Crippen molar-refractivity contribution in [2.24, 2.45) is 0 Å². The van der Waals surface area contributed by atoms with Crippen LogP contribution in [0.1, 0.15) is 12.7 Å². The monoisotopic (exact) mass is 432 g/mol. The van der Waals surface area contributed by atoms with Crippen LogP contribution in [0.25, 0.3) is 10.9 Å². The number of ether oxygens (including phenoxy) is 2. The van der Waals surface area contributed by atoms with Crippen molar-refractivity contribution in [3.05, 3.63) is 28.3 Å². The van der Waals surface area contributed by atoms with E-state index < -0.39 is 6.04 Å². The third-order valence-electron chi connectivity index (χ3n) is 5.62. The number of carbonyl (C=O) groups excluding carboxylic acids is 2. The Morgan fingerprint density at radius 3 is 2.57 bits per heavy atom. The molecule has 0 saturated carbocycles. The number of hydrogen-bond acceptors (Lipinski definition) is 7. The Balaban J connectivity index is 1.64. The zero-order valence-corrected chi connectivity index (χ0v) is 18.0. The van der Waals surface area contributed by atoms with Gasteiger partial charge in [-0.1, -0.05) is 0 Å². The molecule has 0 N–H and O–H groups in total. The van der Waals surface area contributed by atoms with Gasteiger partial charge in [-0.3, -0.25) is 19.0 Å². The van der Waals surface area contributed by atoms with E-state index in [1.807, 2.05) is 0 Å². The first-order valence-electron chi connectivity index (χ1n) is 9.73. The van der Waals surface area contributed by atoms with E-state index in [4.69, 9.17) is 9.47 Å². The van der Waals surface area contributed by atoms with Crippen molar-refractivity contribution in [2.45, 2.75) is 25.9 Å². The molecule has 0 bridgehead atoms. The number of methoxy groups -OCH3 is 2. The molecule has 9 nitrogen and oxygen atoms in total. The number of rotatable bonds is 3. The van der Waals surface area contributed by atoms with Gasteiger partial charge in [-0.2, -0.15) is 0 Å². The summed E-state index contributed by atoms with van der Waals surface area (Å²) in [6.45, 7) is 2.70. The Kier molecular flexibility index (Phi) is 5.59. The summed E-state index contributed by atoms with van der Waals surface area (Å²) in [5.74, 6) is 2.60. The molecule has 2 amide bonds. The molecule has 1 aromatic heterocycles. The van der Waals surface area contributed by atoms with Crippen LogP contribution in [0.4, 0.5) is 0 Å². The van der Waals surface area contributed by atoms with Crippen molar-refractivity contribution in [1.29, 1.82) is 0 Å². The fraction of sp³-hybridized carbons (Fsp3) is 0.500. The van der Waals surface area contributed by atoms with Gasteiger partial charge in [0.15, 0.2) is 11.5 Å². The van der Waals surface area contributed by atoms with E-state index in [0.29, 0.717) is 65.9 Å². The van der Waals surface area contributed by atoms with Crippen molar-refractivity contribution < 1.29 is 19.1 Å². The van der Waals surface area contributed by atoms with E-state index in [1.54, 1.807) is 38.3 Å². The normalized spacial score (nSPS) is 18.8. The number of hydrogen-bond donors (Lipinski definition) is 0. The highest BCUT2D eigenvalue weighted by molar-refractivity contribution is 7.99. The molecular formula is C20H24N4O5S. The van der Waals surface area contributed by atoms with E-state index in [-0.39, 0.29) is 17.4 Å². The lowest BCUT2D eigenvalue weighted by atomic mass is 10.2. The molecule has 160 valence electrons. The molecule has 4 rings (SSSR count). The standard InChI is InChI=1S/C20H24N4O5S/c1-12(25)24-11-30-10-15(24)20(27)22-5-4-18-21-14-9-17(29-3)16(28-2)8-13(14)19(26)23(18)7-6-22/h8-9,15H,4-7,10-11H2,1-3H3/t15-/m1/s1. The largest absolute Gasteiger partial charge is 0.493 e. The second-order valence-corrected chi connectivity index (χ2v) is 8.29. The van der Waals surface area contributed by atoms with Crippen LogP contribution in [0.3, 0.4) is 0 Å². The summed E-state index contributed by atoms with van der Waals surface area (Å²) < 4.78 is 12.3. The number of aromatic nitrogens is 2. The molecule has 2 aliphatic rings. The summed E-state index contributed by atoms with van der Waals surface area (Å²) in [7, 11) is 3.06. The maximum Gasteiger partial charge on any atom is 0.261 e. The van der Waals surface area contributed by atoms with Crippen LogP contribution in [0, 0.1) is 0 Å². The van der Waals surface area contributed by atoms with Crippen LogP contribution in [-0.4, -0.2) is 76.1 Å². The molecule has 1 aromatic carbocycles. The SMILES string of the molecule is COc1cc2nc3n(c(=O)c2cc1OC)CCN(C(=O)[C@H]1CSCN1C(C)=O)CC3. The van der Waals surface area contributed by atoms with E-state index in [2.05, 4.69) is 4.98 Å². The molecule has 2 aromatic rings. The second-order valence-electron chi connectivity index (χ2n) is 7.29. The Labute approximate surface area is 177 Å². The predicted octanol–water partition coefficient (Wildman–Crippen LogP) is 0.720. The van der Waals surface area contributed by atoms with Gasteiger partial charge in [0, 0.05) is 44.8 Å². The minimum atomic E-state index is -0.439. The van der Waals surface area contributed by atoms with Crippen LogP contribution in [0.15, 0.2) is 16.9 Å². The third kappa shape index (κ3) is 3.49. The molecule has 1 saturated heterocycles. The Bertz CT molecular complexity index is 1070. The van der Waals surface area contributed by atoms with Crippen LogP contribution >= 0.6 is 11.8 Å². The average Bonchev–Trinajstić information content (AvgIpc) is 3.14. The Hall–Kier alpha value is -2.75. The highest BCUT2D eigenvalue weighted by Crippen LogP contribution is 2.30. The zero-order chi connectivity index (χ0) is 21.4. The first kappa shape index (κ1) is 20.5. The molecular weight excluding hydrogens is 408 g/mol. The van der Waals surface area contributed by atoms with Crippen LogP contribution in [0.2, 0.25) is 0 Å².